The summed E-state index contributed by atoms with van der Waals surface area (Å²) in [5, 5.41) is 4.95. The van der Waals surface area contributed by atoms with Crippen molar-refractivity contribution in [1.82, 2.24) is 9.78 Å². The molecule has 0 aliphatic heterocycles. The number of benzene rings is 1. The molecule has 1 aromatic carbocycles. The summed E-state index contributed by atoms with van der Waals surface area (Å²) >= 11 is 3.42. The van der Waals surface area contributed by atoms with Crippen LogP contribution < -0.4 is 0 Å². The molecule has 96 valence electrons. The summed E-state index contributed by atoms with van der Waals surface area (Å²) in [6, 6.07) is 5.70. The lowest BCUT2D eigenvalue weighted by Crippen LogP contribution is -2.00. The lowest BCUT2D eigenvalue weighted by molar-refractivity contribution is 0.101. The van der Waals surface area contributed by atoms with Crippen LogP contribution in [0, 0.1) is 6.92 Å². The maximum Gasteiger partial charge on any atom is 0.231 e. The molecule has 2 heterocycles. The van der Waals surface area contributed by atoms with Gasteiger partial charge in [0.1, 0.15) is 5.58 Å². The second-order valence-electron chi connectivity index (χ2n) is 4.43. The molecule has 0 aliphatic rings. The van der Waals surface area contributed by atoms with Gasteiger partial charge in [-0.05, 0) is 25.1 Å². The number of ketones is 1. The number of halogens is 1. The summed E-state index contributed by atoms with van der Waals surface area (Å²) in [5.41, 5.74) is 2.10. The van der Waals surface area contributed by atoms with Crippen LogP contribution in [0.5, 0.6) is 0 Å². The minimum atomic E-state index is -0.141. The quantitative estimate of drug-likeness (QED) is 0.680. The van der Waals surface area contributed by atoms with E-state index in [1.807, 2.05) is 25.1 Å². The zero-order valence-corrected chi connectivity index (χ0v) is 12.1. The van der Waals surface area contributed by atoms with E-state index in [0.29, 0.717) is 16.9 Å². The van der Waals surface area contributed by atoms with Gasteiger partial charge in [0.05, 0.1) is 11.8 Å². The summed E-state index contributed by atoms with van der Waals surface area (Å²) in [4.78, 5) is 12.4. The first-order valence-corrected chi connectivity index (χ1v) is 6.57. The van der Waals surface area contributed by atoms with Crippen LogP contribution in [-0.4, -0.2) is 15.6 Å². The molecule has 0 amide bonds. The second-order valence-corrected chi connectivity index (χ2v) is 5.34. The number of aromatic nitrogens is 2. The van der Waals surface area contributed by atoms with Gasteiger partial charge in [0.25, 0.3) is 0 Å². The highest BCUT2D eigenvalue weighted by Gasteiger charge is 2.20. The summed E-state index contributed by atoms with van der Waals surface area (Å²) in [7, 11) is 1.78. The van der Waals surface area contributed by atoms with E-state index in [0.717, 1.165) is 15.4 Å². The Kier molecular flexibility index (Phi) is 2.78. The Balaban J connectivity index is 2.15. The molecule has 0 N–H and O–H groups in total. The first kappa shape index (κ1) is 12.2. The number of carbonyl (C=O) groups excluding carboxylic acids is 1. The summed E-state index contributed by atoms with van der Waals surface area (Å²) in [6.45, 7) is 1.89. The van der Waals surface area contributed by atoms with Crippen LogP contribution in [0.1, 0.15) is 21.7 Å². The SMILES string of the molecule is Cc1c(C(=O)c2cnn(C)c2)oc2ccc(Br)cc12. The molecule has 5 heteroatoms. The maximum absolute atomic E-state index is 12.4. The summed E-state index contributed by atoms with van der Waals surface area (Å²) < 4.78 is 8.23. The van der Waals surface area contributed by atoms with E-state index in [1.54, 1.807) is 24.1 Å². The second kappa shape index (κ2) is 4.35. The lowest BCUT2D eigenvalue weighted by atomic mass is 10.1. The first-order chi connectivity index (χ1) is 9.06. The zero-order chi connectivity index (χ0) is 13.6. The van der Waals surface area contributed by atoms with Gasteiger partial charge in [-0.2, -0.15) is 5.10 Å². The van der Waals surface area contributed by atoms with Crippen LogP contribution in [0.2, 0.25) is 0 Å². The average Bonchev–Trinajstić information content (AvgIpc) is 2.94. The van der Waals surface area contributed by atoms with Crippen LogP contribution in [0.25, 0.3) is 11.0 Å². The van der Waals surface area contributed by atoms with Crippen molar-refractivity contribution in [1.29, 1.82) is 0 Å². The number of aryl methyl sites for hydroxylation is 2. The Morgan fingerprint density at radius 2 is 2.21 bits per heavy atom. The van der Waals surface area contributed by atoms with Crippen molar-refractivity contribution in [3.8, 4) is 0 Å². The molecular weight excluding hydrogens is 308 g/mol. The standard InChI is InChI=1S/C14H11BrN2O2/c1-8-11-5-10(15)3-4-12(11)19-14(8)13(18)9-6-16-17(2)7-9/h3-7H,1-2H3. The van der Waals surface area contributed by atoms with E-state index >= 15 is 0 Å². The molecule has 19 heavy (non-hydrogen) atoms. The molecule has 3 aromatic rings. The number of carbonyl (C=O) groups is 1. The monoisotopic (exact) mass is 318 g/mol. The molecule has 0 saturated heterocycles. The van der Waals surface area contributed by atoms with Crippen LogP contribution >= 0.6 is 15.9 Å². The van der Waals surface area contributed by atoms with Crippen molar-refractivity contribution in [2.75, 3.05) is 0 Å². The Bertz CT molecular complexity index is 786. The lowest BCUT2D eigenvalue weighted by Gasteiger charge is -1.94. The fourth-order valence-electron chi connectivity index (χ4n) is 2.08. The molecule has 4 nitrogen and oxygen atoms in total. The van der Waals surface area contributed by atoms with Gasteiger partial charge in [0.15, 0.2) is 5.76 Å². The third-order valence-electron chi connectivity index (χ3n) is 3.07. The highest BCUT2D eigenvalue weighted by molar-refractivity contribution is 9.10. The van der Waals surface area contributed by atoms with E-state index in [9.17, 15) is 4.79 Å². The van der Waals surface area contributed by atoms with E-state index in [1.165, 1.54) is 0 Å². The number of hydrogen-bond donors (Lipinski definition) is 0. The number of nitrogens with zero attached hydrogens (tertiary/aromatic N) is 2. The molecule has 0 fully saturated rings. The predicted octanol–water partition coefficient (Wildman–Crippen LogP) is 3.47. The molecule has 0 unspecified atom stereocenters. The fraction of sp³-hybridized carbons (Fsp3) is 0.143. The smallest absolute Gasteiger partial charge is 0.231 e. The first-order valence-electron chi connectivity index (χ1n) is 5.78. The fourth-order valence-corrected chi connectivity index (χ4v) is 2.44. The Morgan fingerprint density at radius 1 is 1.42 bits per heavy atom. The van der Waals surface area contributed by atoms with E-state index in [2.05, 4.69) is 21.0 Å². The van der Waals surface area contributed by atoms with Crippen molar-refractivity contribution < 1.29 is 9.21 Å². The molecule has 0 aliphatic carbocycles. The molecule has 0 saturated carbocycles. The van der Waals surface area contributed by atoms with E-state index in [4.69, 9.17) is 4.42 Å². The third-order valence-corrected chi connectivity index (χ3v) is 3.56. The maximum atomic E-state index is 12.4. The third kappa shape index (κ3) is 2.00. The molecular formula is C14H11BrN2O2. The highest BCUT2D eigenvalue weighted by Crippen LogP contribution is 2.29. The largest absolute Gasteiger partial charge is 0.452 e. The molecule has 0 spiro atoms. The van der Waals surface area contributed by atoms with Crippen molar-refractivity contribution in [2.45, 2.75) is 6.92 Å². The van der Waals surface area contributed by atoms with Crippen molar-refractivity contribution in [3.63, 3.8) is 0 Å². The summed E-state index contributed by atoms with van der Waals surface area (Å²) in [6.07, 6.45) is 3.23. The topological polar surface area (TPSA) is 48.0 Å². The number of hydrogen-bond acceptors (Lipinski definition) is 3. The number of fused-ring (bicyclic) bond motifs is 1. The van der Waals surface area contributed by atoms with Gasteiger partial charge in [-0.1, -0.05) is 15.9 Å². The van der Waals surface area contributed by atoms with Crippen molar-refractivity contribution in [3.05, 3.63) is 52.0 Å². The Hall–Kier alpha value is -1.88. The van der Waals surface area contributed by atoms with Gasteiger partial charge < -0.3 is 4.42 Å². The average molecular weight is 319 g/mol. The van der Waals surface area contributed by atoms with Crippen LogP contribution in [-0.2, 0) is 7.05 Å². The van der Waals surface area contributed by atoms with E-state index < -0.39 is 0 Å². The molecule has 0 atom stereocenters. The Morgan fingerprint density at radius 3 is 2.89 bits per heavy atom. The van der Waals surface area contributed by atoms with Gasteiger partial charge in [-0.15, -0.1) is 0 Å². The van der Waals surface area contributed by atoms with Gasteiger partial charge in [0, 0.05) is 28.7 Å². The molecule has 0 radical (unpaired) electrons. The van der Waals surface area contributed by atoms with Gasteiger partial charge in [0.2, 0.25) is 5.78 Å². The van der Waals surface area contributed by atoms with Gasteiger partial charge >= 0.3 is 0 Å². The van der Waals surface area contributed by atoms with Gasteiger partial charge in [-0.3, -0.25) is 9.48 Å². The minimum Gasteiger partial charge on any atom is -0.452 e. The molecule has 0 bridgehead atoms. The van der Waals surface area contributed by atoms with Crippen LogP contribution in [0.15, 0.2) is 39.5 Å². The molecule has 3 rings (SSSR count). The zero-order valence-electron chi connectivity index (χ0n) is 10.5. The summed E-state index contributed by atoms with van der Waals surface area (Å²) in [5.74, 6) is 0.235. The molecule has 2 aromatic heterocycles. The predicted molar refractivity (Wildman–Crippen MR) is 75.3 cm³/mol. The van der Waals surface area contributed by atoms with E-state index in [-0.39, 0.29) is 5.78 Å². The Labute approximate surface area is 118 Å². The highest BCUT2D eigenvalue weighted by atomic mass is 79.9. The minimum absolute atomic E-state index is 0.141. The number of rotatable bonds is 2. The van der Waals surface area contributed by atoms with Crippen molar-refractivity contribution in [2.24, 2.45) is 7.05 Å². The van der Waals surface area contributed by atoms with Gasteiger partial charge in [-0.25, -0.2) is 0 Å². The normalized spacial score (nSPS) is 11.1. The van der Waals surface area contributed by atoms with Crippen molar-refractivity contribution >= 4 is 32.7 Å². The number of furan rings is 1. The van der Waals surface area contributed by atoms with Crippen LogP contribution in [0.4, 0.5) is 0 Å². The van der Waals surface area contributed by atoms with Crippen LogP contribution in [0.3, 0.4) is 0 Å².